The smallest absolute Gasteiger partial charge is 0.341 e. The molecule has 0 radical (unpaired) electrons. The Morgan fingerprint density at radius 1 is 1.22 bits per heavy atom. The number of carbonyl (C=O) groups excluding carboxylic acids is 3. The lowest BCUT2D eigenvalue weighted by Gasteiger charge is -2.33. The number of hydrogen-bond acceptors (Lipinski definition) is 7. The van der Waals surface area contributed by atoms with Crippen LogP contribution in [0.2, 0.25) is 0 Å². The molecule has 1 N–H and O–H groups in total. The first-order chi connectivity index (χ1) is 15.4. The van der Waals surface area contributed by atoms with Crippen LogP contribution >= 0.6 is 11.3 Å². The van der Waals surface area contributed by atoms with Gasteiger partial charge >= 0.3 is 5.97 Å². The van der Waals surface area contributed by atoms with E-state index in [1.165, 1.54) is 23.3 Å². The predicted octanol–water partition coefficient (Wildman–Crippen LogP) is 2.96. The van der Waals surface area contributed by atoms with Gasteiger partial charge in [-0.05, 0) is 49.8 Å². The van der Waals surface area contributed by atoms with E-state index in [9.17, 15) is 14.4 Å². The Bertz CT molecular complexity index is 1020. The molecule has 4 rings (SSSR count). The maximum atomic E-state index is 12.8. The van der Waals surface area contributed by atoms with E-state index in [-0.39, 0.29) is 18.4 Å². The summed E-state index contributed by atoms with van der Waals surface area (Å²) in [5, 5.41) is 3.54. The monoisotopic (exact) mass is 459 g/mol. The Kier molecular flexibility index (Phi) is 6.66. The number of methoxy groups -OCH3 is 1. The number of esters is 1. The molecule has 0 saturated carbocycles. The van der Waals surface area contributed by atoms with Gasteiger partial charge in [0.1, 0.15) is 10.8 Å². The van der Waals surface area contributed by atoms with Crippen molar-refractivity contribution in [1.82, 2.24) is 9.80 Å². The van der Waals surface area contributed by atoms with Gasteiger partial charge in [-0.25, -0.2) is 4.79 Å². The third-order valence-corrected chi connectivity index (χ3v) is 7.30. The highest BCUT2D eigenvalue weighted by molar-refractivity contribution is 7.17. The molecular weight excluding hydrogens is 430 g/mol. The average Bonchev–Trinajstić information content (AvgIpc) is 3.35. The number of amides is 2. The van der Waals surface area contributed by atoms with Crippen LogP contribution in [0.4, 0.5) is 5.00 Å². The van der Waals surface area contributed by atoms with Crippen LogP contribution in [0.15, 0.2) is 16.5 Å². The molecule has 1 atom stereocenters. The van der Waals surface area contributed by atoms with E-state index >= 15 is 0 Å². The molecular formula is C23H29N3O5S. The zero-order valence-corrected chi connectivity index (χ0v) is 19.5. The molecule has 0 bridgehead atoms. The number of anilines is 1. The SMILES string of the molecule is COC(=O)c1c(NC(=O)CN2CCN(C(=O)c3ccc(C)o3)CC2)sc2c1CCC(C)C2. The molecule has 0 spiro atoms. The maximum absolute atomic E-state index is 12.8. The summed E-state index contributed by atoms with van der Waals surface area (Å²) in [4.78, 5) is 42.6. The van der Waals surface area contributed by atoms with Crippen molar-refractivity contribution in [1.29, 1.82) is 0 Å². The van der Waals surface area contributed by atoms with Crippen molar-refractivity contribution in [3.63, 3.8) is 0 Å². The second-order valence-corrected chi connectivity index (χ2v) is 9.68. The summed E-state index contributed by atoms with van der Waals surface area (Å²) in [5.41, 5.74) is 1.53. The van der Waals surface area contributed by atoms with Gasteiger partial charge in [0.05, 0.1) is 19.2 Å². The molecule has 8 nitrogen and oxygen atoms in total. The van der Waals surface area contributed by atoms with Crippen LogP contribution in [0.3, 0.4) is 0 Å². The molecule has 1 saturated heterocycles. The van der Waals surface area contributed by atoms with Gasteiger partial charge in [0.15, 0.2) is 5.76 Å². The van der Waals surface area contributed by atoms with Gasteiger partial charge in [-0.15, -0.1) is 11.3 Å². The second-order valence-electron chi connectivity index (χ2n) is 8.57. The van der Waals surface area contributed by atoms with Crippen molar-refractivity contribution in [3.05, 3.63) is 39.7 Å². The maximum Gasteiger partial charge on any atom is 0.341 e. The average molecular weight is 460 g/mol. The first kappa shape index (κ1) is 22.5. The zero-order chi connectivity index (χ0) is 22.8. The van der Waals surface area contributed by atoms with Gasteiger partial charge in [0.25, 0.3) is 5.91 Å². The van der Waals surface area contributed by atoms with Crippen molar-refractivity contribution >= 4 is 34.1 Å². The fourth-order valence-corrected chi connectivity index (χ4v) is 5.76. The molecule has 9 heteroatoms. The summed E-state index contributed by atoms with van der Waals surface area (Å²) in [6.07, 6.45) is 2.78. The van der Waals surface area contributed by atoms with Gasteiger partial charge in [-0.3, -0.25) is 14.5 Å². The number of hydrogen-bond donors (Lipinski definition) is 1. The van der Waals surface area contributed by atoms with Crippen LogP contribution in [0, 0.1) is 12.8 Å². The van der Waals surface area contributed by atoms with Crippen molar-refractivity contribution < 1.29 is 23.5 Å². The molecule has 1 fully saturated rings. The van der Waals surface area contributed by atoms with Crippen LogP contribution in [-0.2, 0) is 22.4 Å². The molecule has 2 aromatic rings. The highest BCUT2D eigenvalue weighted by Crippen LogP contribution is 2.40. The Balaban J connectivity index is 1.36. The standard InChI is InChI=1S/C23H29N3O5S/c1-14-4-6-16-18(12-14)32-21(20(16)23(29)30-3)24-19(27)13-25-8-10-26(11-9-25)22(28)17-7-5-15(2)31-17/h5,7,14H,4,6,8-13H2,1-3H3,(H,24,27). The molecule has 1 aliphatic heterocycles. The van der Waals surface area contributed by atoms with Crippen LogP contribution in [-0.4, -0.2) is 67.4 Å². The van der Waals surface area contributed by atoms with Crippen molar-refractivity contribution in [2.75, 3.05) is 45.2 Å². The normalized spacial score (nSPS) is 18.8. The Labute approximate surface area is 191 Å². The van der Waals surface area contributed by atoms with Crippen molar-refractivity contribution in [2.45, 2.75) is 33.1 Å². The number of ether oxygens (including phenoxy) is 1. The van der Waals surface area contributed by atoms with E-state index in [2.05, 4.69) is 12.2 Å². The summed E-state index contributed by atoms with van der Waals surface area (Å²) in [7, 11) is 1.37. The van der Waals surface area contributed by atoms with E-state index in [0.717, 1.165) is 24.8 Å². The van der Waals surface area contributed by atoms with Crippen molar-refractivity contribution in [3.8, 4) is 0 Å². The quantitative estimate of drug-likeness (QED) is 0.691. The fraction of sp³-hybridized carbons (Fsp3) is 0.522. The zero-order valence-electron chi connectivity index (χ0n) is 18.7. The third-order valence-electron chi connectivity index (χ3n) is 6.13. The predicted molar refractivity (Wildman–Crippen MR) is 121 cm³/mol. The second kappa shape index (κ2) is 9.46. The molecule has 2 aliphatic rings. The van der Waals surface area contributed by atoms with Crippen LogP contribution in [0.25, 0.3) is 0 Å². The van der Waals surface area contributed by atoms with E-state index in [0.29, 0.717) is 54.2 Å². The molecule has 1 unspecified atom stereocenters. The van der Waals surface area contributed by atoms with Crippen molar-refractivity contribution in [2.24, 2.45) is 5.92 Å². The number of nitrogens with zero attached hydrogens (tertiary/aromatic N) is 2. The van der Waals surface area contributed by atoms with Gasteiger partial charge < -0.3 is 19.4 Å². The Hall–Kier alpha value is -2.65. The lowest BCUT2D eigenvalue weighted by Crippen LogP contribution is -2.50. The summed E-state index contributed by atoms with van der Waals surface area (Å²) in [6, 6.07) is 3.47. The Morgan fingerprint density at radius 2 is 1.97 bits per heavy atom. The lowest BCUT2D eigenvalue weighted by molar-refractivity contribution is -0.117. The van der Waals surface area contributed by atoms with Crippen LogP contribution in [0.1, 0.15) is 50.5 Å². The molecule has 32 heavy (non-hydrogen) atoms. The van der Waals surface area contributed by atoms with Crippen LogP contribution < -0.4 is 5.32 Å². The van der Waals surface area contributed by atoms with Crippen LogP contribution in [0.5, 0.6) is 0 Å². The van der Waals surface area contributed by atoms with Gasteiger partial charge in [0, 0.05) is 31.1 Å². The number of carbonyl (C=O) groups is 3. The van der Waals surface area contributed by atoms with Gasteiger partial charge in [-0.2, -0.15) is 0 Å². The third kappa shape index (κ3) is 4.73. The summed E-state index contributed by atoms with van der Waals surface area (Å²) in [5.74, 6) is 0.943. The highest BCUT2D eigenvalue weighted by Gasteiger charge is 2.30. The number of nitrogens with one attached hydrogen (secondary N) is 1. The van der Waals surface area contributed by atoms with Gasteiger partial charge in [-0.1, -0.05) is 6.92 Å². The molecule has 2 amide bonds. The number of rotatable bonds is 5. The minimum Gasteiger partial charge on any atom is -0.465 e. The molecule has 3 heterocycles. The molecule has 0 aromatic carbocycles. The topological polar surface area (TPSA) is 92.1 Å². The first-order valence-electron chi connectivity index (χ1n) is 11.0. The highest BCUT2D eigenvalue weighted by atomic mass is 32.1. The first-order valence-corrected chi connectivity index (χ1v) is 11.8. The summed E-state index contributed by atoms with van der Waals surface area (Å²) < 4.78 is 10.4. The minimum atomic E-state index is -0.396. The number of fused-ring (bicyclic) bond motifs is 1. The number of aryl methyl sites for hydroxylation is 1. The number of furan rings is 1. The summed E-state index contributed by atoms with van der Waals surface area (Å²) in [6.45, 7) is 6.48. The number of thiophene rings is 1. The molecule has 2 aromatic heterocycles. The molecule has 172 valence electrons. The largest absolute Gasteiger partial charge is 0.465 e. The lowest BCUT2D eigenvalue weighted by atomic mass is 9.88. The number of piperazine rings is 1. The van der Waals surface area contributed by atoms with Gasteiger partial charge in [0.2, 0.25) is 5.91 Å². The van der Waals surface area contributed by atoms with E-state index in [1.807, 2.05) is 11.8 Å². The Morgan fingerprint density at radius 3 is 2.62 bits per heavy atom. The molecule has 1 aliphatic carbocycles. The van der Waals surface area contributed by atoms with E-state index in [4.69, 9.17) is 9.15 Å². The summed E-state index contributed by atoms with van der Waals surface area (Å²) >= 11 is 1.49. The van der Waals surface area contributed by atoms with E-state index < -0.39 is 5.97 Å². The fourth-order valence-electron chi connectivity index (χ4n) is 4.34. The van der Waals surface area contributed by atoms with E-state index in [1.54, 1.807) is 17.0 Å². The minimum absolute atomic E-state index is 0.122.